The minimum atomic E-state index is -4.70. The van der Waals surface area contributed by atoms with Crippen LogP contribution >= 0.6 is 0 Å². The molecule has 1 heterocycles. The molecule has 4 nitrogen and oxygen atoms in total. The van der Waals surface area contributed by atoms with E-state index >= 15 is 0 Å². The lowest BCUT2D eigenvalue weighted by atomic mass is 10.1. The number of alkyl halides is 3. The van der Waals surface area contributed by atoms with E-state index in [1.807, 2.05) is 0 Å². The fraction of sp³-hybridized carbons (Fsp3) is 0.200. The number of pyridine rings is 1. The third-order valence-electron chi connectivity index (χ3n) is 2.75. The number of rotatable bonds is 5. The number of amides is 1. The number of ether oxygens (including phenoxy) is 1. The van der Waals surface area contributed by atoms with Gasteiger partial charge in [-0.15, -0.1) is 13.2 Å². The molecule has 1 amide bonds. The lowest BCUT2D eigenvalue weighted by molar-refractivity contribution is -0.274. The number of nitrogens with zero attached hydrogens (tertiary/aromatic N) is 1. The van der Waals surface area contributed by atoms with Gasteiger partial charge in [0, 0.05) is 12.7 Å². The number of halogens is 3. The van der Waals surface area contributed by atoms with Crippen molar-refractivity contribution in [3.8, 4) is 5.75 Å². The molecule has 0 saturated carbocycles. The van der Waals surface area contributed by atoms with Crippen LogP contribution in [0, 0.1) is 0 Å². The molecule has 0 aliphatic heterocycles. The third-order valence-corrected chi connectivity index (χ3v) is 2.75. The molecule has 2 rings (SSSR count). The van der Waals surface area contributed by atoms with Gasteiger partial charge in [-0.25, -0.2) is 0 Å². The van der Waals surface area contributed by atoms with Gasteiger partial charge in [-0.05, 0) is 36.2 Å². The summed E-state index contributed by atoms with van der Waals surface area (Å²) in [7, 11) is 0. The summed E-state index contributed by atoms with van der Waals surface area (Å²) in [5.41, 5.74) is 1.10. The van der Waals surface area contributed by atoms with Crippen LogP contribution in [0.25, 0.3) is 0 Å². The Morgan fingerprint density at radius 3 is 2.45 bits per heavy atom. The highest BCUT2D eigenvalue weighted by Gasteiger charge is 2.30. The van der Waals surface area contributed by atoms with Gasteiger partial charge in [0.2, 0.25) is 0 Å². The van der Waals surface area contributed by atoms with Crippen LogP contribution < -0.4 is 10.1 Å². The first-order chi connectivity index (χ1) is 10.4. The molecule has 0 saturated heterocycles. The second-order valence-electron chi connectivity index (χ2n) is 4.41. The summed E-state index contributed by atoms with van der Waals surface area (Å²) >= 11 is 0. The summed E-state index contributed by atoms with van der Waals surface area (Å²) in [4.78, 5) is 15.6. The zero-order valence-electron chi connectivity index (χ0n) is 11.4. The van der Waals surface area contributed by atoms with E-state index in [-0.39, 0.29) is 11.7 Å². The molecule has 2 aromatic rings. The summed E-state index contributed by atoms with van der Waals surface area (Å²) in [5, 5.41) is 2.69. The number of hydrogen-bond acceptors (Lipinski definition) is 3. The van der Waals surface area contributed by atoms with Gasteiger partial charge in [0.25, 0.3) is 5.91 Å². The highest BCUT2D eigenvalue weighted by molar-refractivity contribution is 5.92. The van der Waals surface area contributed by atoms with E-state index < -0.39 is 6.36 Å². The highest BCUT2D eigenvalue weighted by atomic mass is 19.4. The van der Waals surface area contributed by atoms with Gasteiger partial charge in [0.05, 0.1) is 0 Å². The summed E-state index contributed by atoms with van der Waals surface area (Å²) in [6.45, 7) is 0.356. The second-order valence-corrected chi connectivity index (χ2v) is 4.41. The first kappa shape index (κ1) is 15.8. The molecule has 0 unspecified atom stereocenters. The Bertz CT molecular complexity index is 613. The van der Waals surface area contributed by atoms with E-state index in [1.165, 1.54) is 30.5 Å². The van der Waals surface area contributed by atoms with Crippen molar-refractivity contribution >= 4 is 5.91 Å². The van der Waals surface area contributed by atoms with Crippen LogP contribution in [0.2, 0.25) is 0 Å². The molecule has 0 spiro atoms. The zero-order valence-corrected chi connectivity index (χ0v) is 11.4. The highest BCUT2D eigenvalue weighted by Crippen LogP contribution is 2.22. The van der Waals surface area contributed by atoms with Gasteiger partial charge in [-0.2, -0.15) is 0 Å². The molecule has 0 aliphatic carbocycles. The lowest BCUT2D eigenvalue weighted by Crippen LogP contribution is -2.26. The van der Waals surface area contributed by atoms with Crippen molar-refractivity contribution in [3.05, 3.63) is 59.9 Å². The average molecular weight is 310 g/mol. The minimum absolute atomic E-state index is 0.270. The van der Waals surface area contributed by atoms with Crippen molar-refractivity contribution in [1.29, 1.82) is 0 Å². The molecular formula is C15H13F3N2O2. The quantitative estimate of drug-likeness (QED) is 0.924. The molecule has 0 radical (unpaired) electrons. The number of carbonyl (C=O) groups is 1. The molecule has 7 heteroatoms. The third kappa shape index (κ3) is 5.08. The van der Waals surface area contributed by atoms with E-state index in [0.717, 1.165) is 5.56 Å². The fourth-order valence-electron chi connectivity index (χ4n) is 1.77. The van der Waals surface area contributed by atoms with Crippen LogP contribution in [0.4, 0.5) is 13.2 Å². The Kier molecular flexibility index (Phi) is 4.98. The maximum absolute atomic E-state index is 12.0. The van der Waals surface area contributed by atoms with Crippen LogP contribution in [0.15, 0.2) is 48.7 Å². The molecule has 0 bridgehead atoms. The van der Waals surface area contributed by atoms with Gasteiger partial charge < -0.3 is 10.1 Å². The van der Waals surface area contributed by atoms with Crippen LogP contribution in [0.3, 0.4) is 0 Å². The van der Waals surface area contributed by atoms with Crippen LogP contribution in [-0.4, -0.2) is 23.8 Å². The van der Waals surface area contributed by atoms with Gasteiger partial charge >= 0.3 is 6.36 Å². The molecule has 0 fully saturated rings. The van der Waals surface area contributed by atoms with E-state index in [1.54, 1.807) is 18.2 Å². The molecular weight excluding hydrogens is 297 g/mol. The molecule has 1 aromatic carbocycles. The lowest BCUT2D eigenvalue weighted by Gasteiger charge is -2.09. The monoisotopic (exact) mass is 310 g/mol. The van der Waals surface area contributed by atoms with Crippen molar-refractivity contribution in [2.45, 2.75) is 12.8 Å². The number of aromatic nitrogens is 1. The topological polar surface area (TPSA) is 51.2 Å². The standard InChI is InChI=1S/C15H13F3N2O2/c16-15(17,18)22-12-6-4-11(5-7-12)8-10-20-14(21)13-3-1-2-9-19-13/h1-7,9H,8,10H2,(H,20,21). The van der Waals surface area contributed by atoms with Crippen molar-refractivity contribution in [2.75, 3.05) is 6.54 Å². The summed E-state index contributed by atoms with van der Waals surface area (Å²) < 4.78 is 39.8. The predicted molar refractivity (Wildman–Crippen MR) is 73.4 cm³/mol. The van der Waals surface area contributed by atoms with Crippen molar-refractivity contribution < 1.29 is 22.7 Å². The molecule has 0 aliphatic rings. The number of hydrogen-bond donors (Lipinski definition) is 1. The Morgan fingerprint density at radius 1 is 1.14 bits per heavy atom. The largest absolute Gasteiger partial charge is 0.573 e. The molecule has 22 heavy (non-hydrogen) atoms. The Hall–Kier alpha value is -2.57. The van der Waals surface area contributed by atoms with E-state index in [4.69, 9.17) is 0 Å². The van der Waals surface area contributed by atoms with Gasteiger partial charge in [0.1, 0.15) is 11.4 Å². The average Bonchev–Trinajstić information content (AvgIpc) is 2.48. The molecule has 1 N–H and O–H groups in total. The summed E-state index contributed by atoms with van der Waals surface area (Å²) in [5.74, 6) is -0.564. The first-order valence-electron chi connectivity index (χ1n) is 6.48. The van der Waals surface area contributed by atoms with Crippen molar-refractivity contribution in [3.63, 3.8) is 0 Å². The predicted octanol–water partition coefficient (Wildman–Crippen LogP) is 2.95. The first-order valence-corrected chi connectivity index (χ1v) is 6.48. The summed E-state index contributed by atoms with van der Waals surface area (Å²) in [6, 6.07) is 10.5. The molecule has 0 atom stereocenters. The maximum atomic E-state index is 12.0. The number of benzene rings is 1. The normalized spacial score (nSPS) is 11.0. The smallest absolute Gasteiger partial charge is 0.406 e. The number of carbonyl (C=O) groups excluding carboxylic acids is 1. The maximum Gasteiger partial charge on any atom is 0.573 e. The summed E-state index contributed by atoms with van der Waals surface area (Å²) in [6.07, 6.45) is -2.68. The van der Waals surface area contributed by atoms with Gasteiger partial charge in [-0.1, -0.05) is 18.2 Å². The van der Waals surface area contributed by atoms with Crippen LogP contribution in [0.1, 0.15) is 16.1 Å². The zero-order chi connectivity index (χ0) is 16.0. The van der Waals surface area contributed by atoms with Crippen molar-refractivity contribution in [2.24, 2.45) is 0 Å². The number of nitrogens with one attached hydrogen (secondary N) is 1. The fourth-order valence-corrected chi connectivity index (χ4v) is 1.77. The molecule has 116 valence electrons. The minimum Gasteiger partial charge on any atom is -0.406 e. The van der Waals surface area contributed by atoms with Gasteiger partial charge in [0.15, 0.2) is 0 Å². The SMILES string of the molecule is O=C(NCCc1ccc(OC(F)(F)F)cc1)c1ccccn1. The Labute approximate surface area is 124 Å². The van der Waals surface area contributed by atoms with E-state index in [0.29, 0.717) is 18.7 Å². The second kappa shape index (κ2) is 6.93. The van der Waals surface area contributed by atoms with Crippen LogP contribution in [0.5, 0.6) is 5.75 Å². The molecule has 1 aromatic heterocycles. The van der Waals surface area contributed by atoms with E-state index in [2.05, 4.69) is 15.0 Å². The van der Waals surface area contributed by atoms with E-state index in [9.17, 15) is 18.0 Å². The Morgan fingerprint density at radius 2 is 1.86 bits per heavy atom. The van der Waals surface area contributed by atoms with Crippen LogP contribution in [-0.2, 0) is 6.42 Å². The van der Waals surface area contributed by atoms with Gasteiger partial charge in [-0.3, -0.25) is 9.78 Å². The van der Waals surface area contributed by atoms with Crippen molar-refractivity contribution in [1.82, 2.24) is 10.3 Å². The Balaban J connectivity index is 1.81.